The summed E-state index contributed by atoms with van der Waals surface area (Å²) in [5.74, 6) is 0. The predicted octanol–water partition coefficient (Wildman–Crippen LogP) is 3.19. The topological polar surface area (TPSA) is 45.2 Å². The van der Waals surface area contributed by atoms with E-state index in [1.54, 1.807) is 17.5 Å². The number of carbonyl (C=O) groups is 1. The Hall–Kier alpha value is -1.88. The monoisotopic (exact) mass is 287 g/mol. The lowest BCUT2D eigenvalue weighted by Gasteiger charge is -2.25. The summed E-state index contributed by atoms with van der Waals surface area (Å²) in [6.07, 6.45) is 5.68. The van der Waals surface area contributed by atoms with Crippen molar-refractivity contribution in [2.45, 2.75) is 25.4 Å². The minimum atomic E-state index is 0.0163. The van der Waals surface area contributed by atoms with Gasteiger partial charge in [0.25, 0.3) is 0 Å². The normalized spacial score (nSPS) is 18.2. The maximum atomic E-state index is 12.3. The largest absolute Gasteiger partial charge is 0.334 e. The average molecular weight is 287 g/mol. The second-order valence-electron chi connectivity index (χ2n) is 4.93. The number of nitrogens with one attached hydrogen (secondary N) is 1. The van der Waals surface area contributed by atoms with Gasteiger partial charge in [-0.05, 0) is 46.9 Å². The molecule has 0 spiro atoms. The molecule has 3 heterocycles. The molecule has 0 radical (unpaired) electrons. The van der Waals surface area contributed by atoms with Gasteiger partial charge in [-0.3, -0.25) is 4.98 Å². The fourth-order valence-corrected chi connectivity index (χ4v) is 3.27. The molecule has 2 aromatic rings. The maximum Gasteiger partial charge on any atom is 0.318 e. The van der Waals surface area contributed by atoms with Crippen molar-refractivity contribution >= 4 is 17.4 Å². The van der Waals surface area contributed by atoms with Crippen LogP contribution in [0, 0.1) is 0 Å². The minimum Gasteiger partial charge on any atom is -0.334 e. The zero-order valence-electron chi connectivity index (χ0n) is 11.2. The summed E-state index contributed by atoms with van der Waals surface area (Å²) in [5.41, 5.74) is 2.27. The van der Waals surface area contributed by atoms with Gasteiger partial charge in [0.15, 0.2) is 0 Å². The SMILES string of the molecule is O=C(NCc1ccsc1)N1CCCC1c1cccnc1. The fourth-order valence-electron chi connectivity index (χ4n) is 2.60. The number of likely N-dealkylation sites (tertiary alicyclic amines) is 1. The first kappa shape index (κ1) is 13.1. The lowest BCUT2D eigenvalue weighted by atomic mass is 10.1. The van der Waals surface area contributed by atoms with Crippen LogP contribution in [0.5, 0.6) is 0 Å². The zero-order chi connectivity index (χ0) is 13.8. The van der Waals surface area contributed by atoms with E-state index in [2.05, 4.69) is 15.7 Å². The number of amides is 2. The highest BCUT2D eigenvalue weighted by atomic mass is 32.1. The van der Waals surface area contributed by atoms with E-state index in [0.29, 0.717) is 6.54 Å². The molecule has 1 fully saturated rings. The third-order valence-corrected chi connectivity index (χ3v) is 4.34. The number of hydrogen-bond acceptors (Lipinski definition) is 3. The van der Waals surface area contributed by atoms with E-state index < -0.39 is 0 Å². The third kappa shape index (κ3) is 2.82. The van der Waals surface area contributed by atoms with Crippen LogP contribution in [0.1, 0.15) is 30.0 Å². The third-order valence-electron chi connectivity index (χ3n) is 3.61. The molecule has 0 bridgehead atoms. The molecule has 1 saturated heterocycles. The molecule has 1 aliphatic rings. The van der Waals surface area contributed by atoms with Crippen molar-refractivity contribution in [3.05, 3.63) is 52.5 Å². The molecule has 1 N–H and O–H groups in total. The average Bonchev–Trinajstić information content (AvgIpc) is 3.17. The molecule has 3 rings (SSSR count). The van der Waals surface area contributed by atoms with Gasteiger partial charge in [-0.15, -0.1) is 0 Å². The van der Waals surface area contributed by atoms with Crippen LogP contribution < -0.4 is 5.32 Å². The van der Waals surface area contributed by atoms with Gasteiger partial charge in [0.05, 0.1) is 6.04 Å². The number of pyridine rings is 1. The molecule has 4 nitrogen and oxygen atoms in total. The summed E-state index contributed by atoms with van der Waals surface area (Å²) in [6, 6.07) is 6.18. The van der Waals surface area contributed by atoms with E-state index in [4.69, 9.17) is 0 Å². The fraction of sp³-hybridized carbons (Fsp3) is 0.333. The van der Waals surface area contributed by atoms with Crippen LogP contribution in [-0.2, 0) is 6.54 Å². The van der Waals surface area contributed by atoms with E-state index in [0.717, 1.165) is 30.5 Å². The van der Waals surface area contributed by atoms with Crippen molar-refractivity contribution in [1.82, 2.24) is 15.2 Å². The molecule has 20 heavy (non-hydrogen) atoms. The van der Waals surface area contributed by atoms with Crippen LogP contribution in [0.15, 0.2) is 41.4 Å². The van der Waals surface area contributed by atoms with Gasteiger partial charge < -0.3 is 10.2 Å². The van der Waals surface area contributed by atoms with Gasteiger partial charge in [0.2, 0.25) is 0 Å². The van der Waals surface area contributed by atoms with E-state index >= 15 is 0 Å². The Kier molecular flexibility index (Phi) is 3.97. The van der Waals surface area contributed by atoms with Gasteiger partial charge in [-0.25, -0.2) is 4.79 Å². The number of thiophene rings is 1. The van der Waals surface area contributed by atoms with Crippen LogP contribution in [0.3, 0.4) is 0 Å². The number of nitrogens with zero attached hydrogens (tertiary/aromatic N) is 2. The quantitative estimate of drug-likeness (QED) is 0.942. The Morgan fingerprint density at radius 2 is 2.45 bits per heavy atom. The number of urea groups is 1. The summed E-state index contributed by atoms with van der Waals surface area (Å²) < 4.78 is 0. The standard InChI is InChI=1S/C15H17N3OS/c19-15(17-9-12-5-8-20-11-12)18-7-2-4-14(18)13-3-1-6-16-10-13/h1,3,5-6,8,10-11,14H,2,4,7,9H2,(H,17,19). The van der Waals surface area contributed by atoms with Gasteiger partial charge >= 0.3 is 6.03 Å². The molecule has 5 heteroatoms. The highest BCUT2D eigenvalue weighted by Crippen LogP contribution is 2.31. The van der Waals surface area contributed by atoms with Gasteiger partial charge in [-0.1, -0.05) is 6.07 Å². The van der Waals surface area contributed by atoms with Crippen LogP contribution >= 0.6 is 11.3 Å². The van der Waals surface area contributed by atoms with E-state index in [1.807, 2.05) is 34.7 Å². The Morgan fingerprint density at radius 1 is 1.50 bits per heavy atom. The van der Waals surface area contributed by atoms with Crippen molar-refractivity contribution in [2.75, 3.05) is 6.54 Å². The van der Waals surface area contributed by atoms with Crippen LogP contribution in [0.2, 0.25) is 0 Å². The van der Waals surface area contributed by atoms with Crippen molar-refractivity contribution < 1.29 is 4.79 Å². The summed E-state index contributed by atoms with van der Waals surface area (Å²) >= 11 is 1.65. The number of carbonyl (C=O) groups excluding carboxylic acids is 1. The molecule has 2 amide bonds. The highest BCUT2D eigenvalue weighted by Gasteiger charge is 2.29. The van der Waals surface area contributed by atoms with Gasteiger partial charge in [-0.2, -0.15) is 11.3 Å². The number of hydrogen-bond donors (Lipinski definition) is 1. The maximum absolute atomic E-state index is 12.3. The Bertz CT molecular complexity index is 556. The van der Waals surface area contributed by atoms with Crippen LogP contribution in [0.4, 0.5) is 4.79 Å². The van der Waals surface area contributed by atoms with Crippen molar-refractivity contribution in [3.8, 4) is 0 Å². The molecule has 0 aliphatic carbocycles. The molecule has 1 unspecified atom stereocenters. The molecule has 2 aromatic heterocycles. The zero-order valence-corrected chi connectivity index (χ0v) is 12.0. The van der Waals surface area contributed by atoms with Crippen molar-refractivity contribution in [3.63, 3.8) is 0 Å². The smallest absolute Gasteiger partial charge is 0.318 e. The first-order valence-corrected chi connectivity index (χ1v) is 7.74. The summed E-state index contributed by atoms with van der Waals surface area (Å²) in [5, 5.41) is 7.08. The predicted molar refractivity (Wildman–Crippen MR) is 79.5 cm³/mol. The molecule has 1 aliphatic heterocycles. The second kappa shape index (κ2) is 6.05. The lowest BCUT2D eigenvalue weighted by molar-refractivity contribution is 0.192. The molecule has 0 saturated carbocycles. The number of aromatic nitrogens is 1. The van der Waals surface area contributed by atoms with E-state index in [9.17, 15) is 4.79 Å². The Labute approximate surface area is 122 Å². The molecular formula is C15H17N3OS. The molecule has 0 aromatic carbocycles. The first-order chi connectivity index (χ1) is 9.84. The molecular weight excluding hydrogens is 270 g/mol. The van der Waals surface area contributed by atoms with Crippen molar-refractivity contribution in [2.24, 2.45) is 0 Å². The van der Waals surface area contributed by atoms with Gasteiger partial charge in [0, 0.05) is 25.5 Å². The van der Waals surface area contributed by atoms with Crippen LogP contribution in [-0.4, -0.2) is 22.5 Å². The Morgan fingerprint density at radius 3 is 3.20 bits per heavy atom. The minimum absolute atomic E-state index is 0.0163. The summed E-state index contributed by atoms with van der Waals surface area (Å²) in [4.78, 5) is 18.4. The highest BCUT2D eigenvalue weighted by molar-refractivity contribution is 7.07. The first-order valence-electron chi connectivity index (χ1n) is 6.80. The molecule has 1 atom stereocenters. The summed E-state index contributed by atoms with van der Waals surface area (Å²) in [7, 11) is 0. The molecule has 104 valence electrons. The summed E-state index contributed by atoms with van der Waals surface area (Å²) in [6.45, 7) is 1.41. The van der Waals surface area contributed by atoms with Crippen LogP contribution in [0.25, 0.3) is 0 Å². The second-order valence-corrected chi connectivity index (χ2v) is 5.71. The van der Waals surface area contributed by atoms with E-state index in [-0.39, 0.29) is 12.1 Å². The van der Waals surface area contributed by atoms with E-state index in [1.165, 1.54) is 0 Å². The Balaban J connectivity index is 1.64. The lowest BCUT2D eigenvalue weighted by Crippen LogP contribution is -2.39. The number of rotatable bonds is 3. The van der Waals surface area contributed by atoms with Crippen molar-refractivity contribution in [1.29, 1.82) is 0 Å². The van der Waals surface area contributed by atoms with Gasteiger partial charge in [0.1, 0.15) is 0 Å².